The zero-order valence-corrected chi connectivity index (χ0v) is 19.3. The molecule has 1 aliphatic heterocycles. The molecule has 176 valence electrons. The maximum atomic E-state index is 13.7. The van der Waals surface area contributed by atoms with Gasteiger partial charge in [0.25, 0.3) is 5.91 Å². The summed E-state index contributed by atoms with van der Waals surface area (Å²) in [6, 6.07) is 7.70. The summed E-state index contributed by atoms with van der Waals surface area (Å²) in [5, 5.41) is 1.01. The highest BCUT2D eigenvalue weighted by Crippen LogP contribution is 2.38. The fraction of sp³-hybridized carbons (Fsp3) is 0.269. The van der Waals surface area contributed by atoms with Crippen molar-refractivity contribution in [2.45, 2.75) is 38.5 Å². The molecule has 1 amide bonds. The van der Waals surface area contributed by atoms with Gasteiger partial charge in [-0.3, -0.25) is 14.7 Å². The average Bonchev–Trinajstić information content (AvgIpc) is 3.62. The molecule has 0 bridgehead atoms. The molecule has 2 N–H and O–H groups in total. The molecule has 0 radical (unpaired) electrons. The van der Waals surface area contributed by atoms with E-state index in [4.69, 9.17) is 15.2 Å². The van der Waals surface area contributed by atoms with Crippen molar-refractivity contribution < 1.29 is 14.3 Å². The van der Waals surface area contributed by atoms with Crippen LogP contribution in [0.25, 0.3) is 10.9 Å². The number of methoxy groups -OCH3 is 1. The van der Waals surface area contributed by atoms with Gasteiger partial charge in [0, 0.05) is 41.5 Å². The van der Waals surface area contributed by atoms with Gasteiger partial charge in [0.05, 0.1) is 44.1 Å². The van der Waals surface area contributed by atoms with Crippen LogP contribution in [0.1, 0.15) is 51.6 Å². The first-order valence-corrected chi connectivity index (χ1v) is 11.5. The van der Waals surface area contributed by atoms with E-state index in [0.29, 0.717) is 41.9 Å². The van der Waals surface area contributed by atoms with E-state index in [2.05, 4.69) is 19.9 Å². The van der Waals surface area contributed by atoms with Crippen molar-refractivity contribution in [1.29, 1.82) is 0 Å². The number of aromatic nitrogens is 4. The molecule has 0 saturated heterocycles. The molecule has 4 heterocycles. The molecule has 0 unspecified atom stereocenters. The number of ether oxygens (including phenoxy) is 2. The molecule has 3 aromatic heterocycles. The van der Waals surface area contributed by atoms with Crippen molar-refractivity contribution in [2.24, 2.45) is 0 Å². The maximum absolute atomic E-state index is 13.7. The highest BCUT2D eigenvalue weighted by Gasteiger charge is 2.28. The van der Waals surface area contributed by atoms with Gasteiger partial charge in [-0.15, -0.1) is 0 Å². The number of carbonyl (C=O) groups is 1. The van der Waals surface area contributed by atoms with E-state index in [1.807, 2.05) is 18.2 Å². The van der Waals surface area contributed by atoms with E-state index in [9.17, 15) is 4.79 Å². The summed E-state index contributed by atoms with van der Waals surface area (Å²) in [5.74, 6) is 1.99. The molecule has 35 heavy (non-hydrogen) atoms. The predicted molar refractivity (Wildman–Crippen MR) is 130 cm³/mol. The molecule has 1 aromatic carbocycles. The van der Waals surface area contributed by atoms with E-state index in [1.54, 1.807) is 42.9 Å². The number of fused-ring (bicyclic) bond motifs is 3. The third kappa shape index (κ3) is 3.93. The monoisotopic (exact) mass is 468 g/mol. The number of pyridine rings is 2. The number of carbonyl (C=O) groups excluding carboxylic acids is 1. The smallest absolute Gasteiger partial charge is 0.261 e. The third-order valence-electron chi connectivity index (χ3n) is 6.51. The van der Waals surface area contributed by atoms with Gasteiger partial charge in [-0.05, 0) is 30.0 Å². The molecule has 1 saturated carbocycles. The van der Waals surface area contributed by atoms with Gasteiger partial charge in [-0.2, -0.15) is 0 Å². The number of nitrogens with zero attached hydrogens (tertiary/aromatic N) is 5. The Morgan fingerprint density at radius 2 is 1.94 bits per heavy atom. The Bertz CT molecular complexity index is 1440. The van der Waals surface area contributed by atoms with E-state index >= 15 is 0 Å². The van der Waals surface area contributed by atoms with Crippen LogP contribution in [-0.2, 0) is 24.5 Å². The third-order valence-corrected chi connectivity index (χ3v) is 6.51. The summed E-state index contributed by atoms with van der Waals surface area (Å²) in [6.07, 6.45) is 8.65. The lowest BCUT2D eigenvalue weighted by atomic mass is 10.0. The first-order chi connectivity index (χ1) is 17.1. The first kappa shape index (κ1) is 21.4. The molecule has 9 heteroatoms. The average molecular weight is 469 g/mol. The van der Waals surface area contributed by atoms with Gasteiger partial charge in [-0.1, -0.05) is 12.1 Å². The number of anilines is 2. The number of nitrogens with two attached hydrogens (primary N) is 1. The van der Waals surface area contributed by atoms with Crippen LogP contribution in [0, 0.1) is 0 Å². The Kier molecular flexibility index (Phi) is 5.26. The lowest BCUT2D eigenvalue weighted by molar-refractivity contribution is 0.0983. The summed E-state index contributed by atoms with van der Waals surface area (Å²) in [5.41, 5.74) is 10.8. The lowest BCUT2D eigenvalue weighted by Crippen LogP contribution is -2.31. The predicted octanol–water partition coefficient (Wildman–Crippen LogP) is 3.77. The fourth-order valence-electron chi connectivity index (χ4n) is 4.47. The van der Waals surface area contributed by atoms with Crippen LogP contribution in [0.3, 0.4) is 0 Å². The Labute approximate surface area is 202 Å². The number of benzene rings is 1. The molecular formula is C26H24N6O3. The SMILES string of the molecule is COc1ccncc1N(Cc1ccc2c3c(c(N)nc2c1)COC3)C(=O)c1cnc(C2CC2)nc1. The normalized spacial score (nSPS) is 14.7. The van der Waals surface area contributed by atoms with E-state index in [0.717, 1.165) is 46.3 Å². The van der Waals surface area contributed by atoms with Crippen molar-refractivity contribution in [3.8, 4) is 5.75 Å². The van der Waals surface area contributed by atoms with Crippen LogP contribution >= 0.6 is 0 Å². The molecule has 1 aliphatic carbocycles. The summed E-state index contributed by atoms with van der Waals surface area (Å²) in [4.78, 5) is 33.0. The van der Waals surface area contributed by atoms with Crippen molar-refractivity contribution >= 4 is 28.3 Å². The van der Waals surface area contributed by atoms with Crippen LogP contribution in [0.15, 0.2) is 49.1 Å². The summed E-state index contributed by atoms with van der Waals surface area (Å²) in [7, 11) is 1.57. The van der Waals surface area contributed by atoms with Crippen molar-refractivity contribution in [3.63, 3.8) is 0 Å². The zero-order chi connectivity index (χ0) is 23.9. The minimum Gasteiger partial charge on any atom is -0.494 e. The van der Waals surface area contributed by atoms with Gasteiger partial charge in [0.15, 0.2) is 0 Å². The quantitative estimate of drug-likeness (QED) is 0.455. The Morgan fingerprint density at radius 3 is 2.71 bits per heavy atom. The second-order valence-electron chi connectivity index (χ2n) is 8.84. The molecule has 4 aromatic rings. The van der Waals surface area contributed by atoms with Crippen LogP contribution in [-0.4, -0.2) is 33.0 Å². The van der Waals surface area contributed by atoms with E-state index < -0.39 is 0 Å². The van der Waals surface area contributed by atoms with Crippen LogP contribution in [0.4, 0.5) is 11.5 Å². The zero-order valence-electron chi connectivity index (χ0n) is 19.3. The standard InChI is InChI=1S/C26H24N6O3/c1-34-23-6-7-28-11-22(23)32(26(33)17-9-29-25(30-10-17)16-3-4-16)12-15-2-5-18-19-13-35-14-20(19)24(27)31-21(18)8-15/h2,5-11,16H,3-4,12-14H2,1H3,(H2,27,31). The first-order valence-electron chi connectivity index (χ1n) is 11.5. The second kappa shape index (κ2) is 8.59. The molecular weight excluding hydrogens is 444 g/mol. The maximum Gasteiger partial charge on any atom is 0.261 e. The molecule has 0 atom stereocenters. The molecule has 6 rings (SSSR count). The molecule has 0 spiro atoms. The second-order valence-corrected chi connectivity index (χ2v) is 8.84. The molecule has 1 fully saturated rings. The highest BCUT2D eigenvalue weighted by molar-refractivity contribution is 6.06. The van der Waals surface area contributed by atoms with Crippen molar-refractivity contribution in [1.82, 2.24) is 19.9 Å². The number of hydrogen-bond donors (Lipinski definition) is 1. The minimum absolute atomic E-state index is 0.242. The topological polar surface area (TPSA) is 116 Å². The number of hydrogen-bond acceptors (Lipinski definition) is 8. The summed E-state index contributed by atoms with van der Waals surface area (Å²) >= 11 is 0. The number of amides is 1. The Morgan fingerprint density at radius 1 is 1.14 bits per heavy atom. The molecule has 9 nitrogen and oxygen atoms in total. The Balaban J connectivity index is 1.38. The van der Waals surface area contributed by atoms with E-state index in [-0.39, 0.29) is 12.5 Å². The van der Waals surface area contributed by atoms with Crippen LogP contribution in [0.2, 0.25) is 0 Å². The minimum atomic E-state index is -0.242. The highest BCUT2D eigenvalue weighted by atomic mass is 16.5. The van der Waals surface area contributed by atoms with Crippen molar-refractivity contribution in [2.75, 3.05) is 17.7 Å². The van der Waals surface area contributed by atoms with Crippen molar-refractivity contribution in [3.05, 3.63) is 77.1 Å². The largest absolute Gasteiger partial charge is 0.494 e. The fourth-order valence-corrected chi connectivity index (χ4v) is 4.47. The lowest BCUT2D eigenvalue weighted by Gasteiger charge is -2.24. The van der Waals surface area contributed by atoms with Crippen LogP contribution < -0.4 is 15.4 Å². The summed E-state index contributed by atoms with van der Waals surface area (Å²) < 4.78 is 11.1. The summed E-state index contributed by atoms with van der Waals surface area (Å²) in [6.45, 7) is 1.28. The number of nitrogen functional groups attached to an aromatic ring is 1. The van der Waals surface area contributed by atoms with Gasteiger partial charge in [-0.25, -0.2) is 15.0 Å². The van der Waals surface area contributed by atoms with E-state index in [1.165, 1.54) is 0 Å². The number of rotatable bonds is 6. The van der Waals surface area contributed by atoms with Gasteiger partial charge in [0.2, 0.25) is 0 Å². The molecule has 2 aliphatic rings. The van der Waals surface area contributed by atoms with Crippen LogP contribution in [0.5, 0.6) is 5.75 Å². The van der Waals surface area contributed by atoms with Gasteiger partial charge in [0.1, 0.15) is 23.1 Å². The van der Waals surface area contributed by atoms with Gasteiger partial charge >= 0.3 is 0 Å². The van der Waals surface area contributed by atoms with Gasteiger partial charge < -0.3 is 15.2 Å². The Hall–Kier alpha value is -4.11.